The molecular formula is C18H23N3O3. The number of para-hydroxylation sites is 1. The van der Waals surface area contributed by atoms with Crippen LogP contribution < -0.4 is 10.1 Å². The number of carbonyl (C=O) groups is 1. The number of nitrogens with zero attached hydrogens (tertiary/aromatic N) is 2. The fourth-order valence-electron chi connectivity index (χ4n) is 2.99. The highest BCUT2D eigenvalue weighted by Crippen LogP contribution is 2.25. The first-order chi connectivity index (χ1) is 11.6. The number of carbonyl (C=O) groups excluding carboxylic acids is 1. The summed E-state index contributed by atoms with van der Waals surface area (Å²) in [6.45, 7) is 4.16. The minimum Gasteiger partial charge on any atom is -0.485 e. The lowest BCUT2D eigenvalue weighted by molar-refractivity contribution is 0.0918. The lowest BCUT2D eigenvalue weighted by Gasteiger charge is -2.27. The zero-order valence-electron chi connectivity index (χ0n) is 14.1. The van der Waals surface area contributed by atoms with Crippen LogP contribution in [0.5, 0.6) is 5.75 Å². The molecule has 1 aromatic carbocycles. The summed E-state index contributed by atoms with van der Waals surface area (Å²) in [7, 11) is 0. The Labute approximate surface area is 141 Å². The van der Waals surface area contributed by atoms with Gasteiger partial charge < -0.3 is 14.6 Å². The topological polar surface area (TPSA) is 77.2 Å². The summed E-state index contributed by atoms with van der Waals surface area (Å²) in [5.74, 6) is 2.15. The smallest absolute Gasteiger partial charge is 0.255 e. The number of benzene rings is 1. The fraction of sp³-hybridized carbons (Fsp3) is 0.500. The number of rotatable bonds is 5. The first-order valence-electron chi connectivity index (χ1n) is 8.43. The lowest BCUT2D eigenvalue weighted by atomic mass is 9.87. The van der Waals surface area contributed by atoms with Crippen LogP contribution in [0.3, 0.4) is 0 Å². The van der Waals surface area contributed by atoms with Gasteiger partial charge in [0.05, 0.1) is 5.56 Å². The molecule has 1 amide bonds. The SMILES string of the molecule is Cc1nc(COc2ccccc2C(=O)NC2CCC(C)CC2)no1. The maximum absolute atomic E-state index is 12.6. The Morgan fingerprint density at radius 2 is 2.04 bits per heavy atom. The summed E-state index contributed by atoms with van der Waals surface area (Å²) >= 11 is 0. The van der Waals surface area contributed by atoms with E-state index in [2.05, 4.69) is 22.4 Å². The number of aryl methyl sites for hydroxylation is 1. The summed E-state index contributed by atoms with van der Waals surface area (Å²) in [6, 6.07) is 7.49. The summed E-state index contributed by atoms with van der Waals surface area (Å²) in [4.78, 5) is 16.7. The second-order valence-electron chi connectivity index (χ2n) is 6.44. The van der Waals surface area contributed by atoms with Gasteiger partial charge in [-0.3, -0.25) is 4.79 Å². The summed E-state index contributed by atoms with van der Waals surface area (Å²) < 4.78 is 10.6. The average Bonchev–Trinajstić information content (AvgIpc) is 3.01. The van der Waals surface area contributed by atoms with Crippen molar-refractivity contribution in [2.75, 3.05) is 0 Å². The Balaban J connectivity index is 1.63. The molecule has 1 heterocycles. The van der Waals surface area contributed by atoms with Crippen LogP contribution >= 0.6 is 0 Å². The highest BCUT2D eigenvalue weighted by molar-refractivity contribution is 5.97. The minimum absolute atomic E-state index is 0.0885. The first kappa shape index (κ1) is 16.5. The van der Waals surface area contributed by atoms with Crippen molar-refractivity contribution in [3.8, 4) is 5.75 Å². The molecule has 0 saturated heterocycles. The van der Waals surface area contributed by atoms with E-state index in [0.717, 1.165) is 18.8 Å². The molecular weight excluding hydrogens is 306 g/mol. The summed E-state index contributed by atoms with van der Waals surface area (Å²) in [6.07, 6.45) is 4.41. The van der Waals surface area contributed by atoms with Crippen molar-refractivity contribution >= 4 is 5.91 Å². The van der Waals surface area contributed by atoms with Crippen LogP contribution in [-0.2, 0) is 6.61 Å². The van der Waals surface area contributed by atoms with E-state index in [1.807, 2.05) is 12.1 Å². The molecule has 1 saturated carbocycles. The second-order valence-corrected chi connectivity index (χ2v) is 6.44. The quantitative estimate of drug-likeness (QED) is 0.911. The second kappa shape index (κ2) is 7.47. The highest BCUT2D eigenvalue weighted by atomic mass is 16.5. The third kappa shape index (κ3) is 4.13. The van der Waals surface area contributed by atoms with E-state index in [1.165, 1.54) is 12.8 Å². The molecule has 6 nitrogen and oxygen atoms in total. The van der Waals surface area contributed by atoms with Gasteiger partial charge in [-0.2, -0.15) is 4.98 Å². The van der Waals surface area contributed by atoms with Crippen LogP contribution in [0.15, 0.2) is 28.8 Å². The Bertz CT molecular complexity index is 690. The van der Waals surface area contributed by atoms with Gasteiger partial charge >= 0.3 is 0 Å². The van der Waals surface area contributed by atoms with Crippen LogP contribution in [0.2, 0.25) is 0 Å². The van der Waals surface area contributed by atoms with Gasteiger partial charge in [0, 0.05) is 13.0 Å². The van der Waals surface area contributed by atoms with Crippen molar-refractivity contribution in [2.45, 2.75) is 52.2 Å². The lowest BCUT2D eigenvalue weighted by Crippen LogP contribution is -2.37. The van der Waals surface area contributed by atoms with Crippen molar-refractivity contribution in [1.82, 2.24) is 15.5 Å². The van der Waals surface area contributed by atoms with Gasteiger partial charge in [0.15, 0.2) is 6.61 Å². The van der Waals surface area contributed by atoms with Crippen molar-refractivity contribution < 1.29 is 14.1 Å². The molecule has 0 unspecified atom stereocenters. The molecule has 1 N–H and O–H groups in total. The number of hydrogen-bond donors (Lipinski definition) is 1. The van der Waals surface area contributed by atoms with Crippen LogP contribution in [-0.4, -0.2) is 22.1 Å². The standard InChI is InChI=1S/C18H23N3O3/c1-12-7-9-14(10-8-12)20-18(22)15-5-3-4-6-16(15)23-11-17-19-13(2)24-21-17/h3-6,12,14H,7-11H2,1-2H3,(H,20,22). The van der Waals surface area contributed by atoms with E-state index < -0.39 is 0 Å². The molecule has 0 aliphatic heterocycles. The Morgan fingerprint density at radius 3 is 2.75 bits per heavy atom. The largest absolute Gasteiger partial charge is 0.485 e. The molecule has 6 heteroatoms. The van der Waals surface area contributed by atoms with Gasteiger partial charge in [0.2, 0.25) is 11.7 Å². The third-order valence-corrected chi connectivity index (χ3v) is 4.41. The van der Waals surface area contributed by atoms with Crippen LogP contribution in [0.1, 0.15) is 54.7 Å². The summed E-state index contributed by atoms with van der Waals surface area (Å²) in [5, 5.41) is 6.92. The van der Waals surface area contributed by atoms with Crippen molar-refractivity contribution in [1.29, 1.82) is 0 Å². The Hall–Kier alpha value is -2.37. The van der Waals surface area contributed by atoms with E-state index in [9.17, 15) is 4.79 Å². The van der Waals surface area contributed by atoms with Gasteiger partial charge in [-0.15, -0.1) is 0 Å². The normalized spacial score (nSPS) is 20.6. The number of amides is 1. The molecule has 128 valence electrons. The minimum atomic E-state index is -0.0885. The predicted molar refractivity (Wildman–Crippen MR) is 88.7 cm³/mol. The van der Waals surface area contributed by atoms with Crippen molar-refractivity contribution in [3.63, 3.8) is 0 Å². The highest BCUT2D eigenvalue weighted by Gasteiger charge is 2.21. The van der Waals surface area contributed by atoms with Crippen molar-refractivity contribution in [2.24, 2.45) is 5.92 Å². The maximum atomic E-state index is 12.6. The van der Waals surface area contributed by atoms with Crippen molar-refractivity contribution in [3.05, 3.63) is 41.5 Å². The van der Waals surface area contributed by atoms with Crippen LogP contribution in [0.4, 0.5) is 0 Å². The Morgan fingerprint density at radius 1 is 1.29 bits per heavy atom. The van der Waals surface area contributed by atoms with Crippen LogP contribution in [0.25, 0.3) is 0 Å². The van der Waals surface area contributed by atoms with E-state index in [4.69, 9.17) is 9.26 Å². The molecule has 1 fully saturated rings. The Kier molecular flexibility index (Phi) is 5.13. The van der Waals surface area contributed by atoms with Gasteiger partial charge in [0.25, 0.3) is 5.91 Å². The van der Waals surface area contributed by atoms with Crippen LogP contribution in [0, 0.1) is 12.8 Å². The molecule has 24 heavy (non-hydrogen) atoms. The molecule has 2 aromatic rings. The molecule has 0 spiro atoms. The average molecular weight is 329 g/mol. The number of nitrogens with one attached hydrogen (secondary N) is 1. The molecule has 0 radical (unpaired) electrons. The molecule has 0 atom stereocenters. The fourth-order valence-corrected chi connectivity index (χ4v) is 2.99. The van der Waals surface area contributed by atoms with Gasteiger partial charge in [-0.05, 0) is 43.7 Å². The zero-order valence-corrected chi connectivity index (χ0v) is 14.1. The van der Waals surface area contributed by atoms with Gasteiger partial charge in [-0.1, -0.05) is 24.2 Å². The van der Waals surface area contributed by atoms with E-state index in [1.54, 1.807) is 19.1 Å². The van der Waals surface area contributed by atoms with E-state index in [0.29, 0.717) is 23.0 Å². The first-order valence-corrected chi connectivity index (χ1v) is 8.43. The number of ether oxygens (including phenoxy) is 1. The number of hydrogen-bond acceptors (Lipinski definition) is 5. The molecule has 1 aromatic heterocycles. The number of aromatic nitrogens is 2. The van der Waals surface area contributed by atoms with E-state index >= 15 is 0 Å². The molecule has 1 aliphatic carbocycles. The molecule has 1 aliphatic rings. The monoisotopic (exact) mass is 329 g/mol. The maximum Gasteiger partial charge on any atom is 0.255 e. The molecule has 3 rings (SSSR count). The zero-order chi connectivity index (χ0) is 16.9. The van der Waals surface area contributed by atoms with E-state index in [-0.39, 0.29) is 18.6 Å². The van der Waals surface area contributed by atoms with Gasteiger partial charge in [-0.25, -0.2) is 0 Å². The summed E-state index contributed by atoms with van der Waals surface area (Å²) in [5.41, 5.74) is 0.538. The predicted octanol–water partition coefficient (Wildman–Crippen LogP) is 3.27. The third-order valence-electron chi connectivity index (χ3n) is 4.41. The molecule has 0 bridgehead atoms. The van der Waals surface area contributed by atoms with Gasteiger partial charge in [0.1, 0.15) is 5.75 Å².